The maximum atomic E-state index is 14.1. The third kappa shape index (κ3) is 4.14. The third-order valence-electron chi connectivity index (χ3n) is 7.55. The molecule has 4 heterocycles. The van der Waals surface area contributed by atoms with Crippen LogP contribution in [0.25, 0.3) is 11.1 Å². The number of benzene rings is 2. The molecule has 0 bridgehead atoms. The van der Waals surface area contributed by atoms with Crippen LogP contribution in [0.2, 0.25) is 0 Å². The number of nitrogens with zero attached hydrogens (tertiary/aromatic N) is 4. The molecule has 0 N–H and O–H groups in total. The molecule has 2 saturated heterocycles. The Kier molecular flexibility index (Phi) is 6.10. The van der Waals surface area contributed by atoms with Gasteiger partial charge in [0.25, 0.3) is 5.91 Å². The van der Waals surface area contributed by atoms with Gasteiger partial charge in [0.15, 0.2) is 0 Å². The molecule has 7 heteroatoms. The summed E-state index contributed by atoms with van der Waals surface area (Å²) in [6.45, 7) is 4.26. The summed E-state index contributed by atoms with van der Waals surface area (Å²) in [6, 6.07) is 25.4. The van der Waals surface area contributed by atoms with E-state index in [0.717, 1.165) is 41.5 Å². The van der Waals surface area contributed by atoms with Crippen molar-refractivity contribution in [1.29, 1.82) is 0 Å². The van der Waals surface area contributed by atoms with Gasteiger partial charge >= 0.3 is 6.03 Å². The van der Waals surface area contributed by atoms with E-state index in [0.29, 0.717) is 18.5 Å². The molecule has 0 unspecified atom stereocenters. The number of aromatic nitrogens is 1. The van der Waals surface area contributed by atoms with Crippen molar-refractivity contribution in [3.63, 3.8) is 0 Å². The predicted molar refractivity (Wildman–Crippen MR) is 148 cm³/mol. The fourth-order valence-electron chi connectivity index (χ4n) is 5.45. The number of hydrogen-bond acceptors (Lipinski definition) is 5. The van der Waals surface area contributed by atoms with Gasteiger partial charge in [-0.1, -0.05) is 48.5 Å². The Hall–Kier alpha value is -3.81. The Morgan fingerprint density at radius 1 is 0.865 bits per heavy atom. The van der Waals surface area contributed by atoms with E-state index in [1.165, 1.54) is 21.8 Å². The van der Waals surface area contributed by atoms with E-state index in [9.17, 15) is 9.59 Å². The van der Waals surface area contributed by atoms with Gasteiger partial charge in [-0.05, 0) is 72.2 Å². The molecule has 2 aromatic carbocycles. The number of urea groups is 1. The Balaban J connectivity index is 1.29. The lowest BCUT2D eigenvalue weighted by atomic mass is 9.85. The lowest BCUT2D eigenvalue weighted by Crippen LogP contribution is -2.56. The summed E-state index contributed by atoms with van der Waals surface area (Å²) in [6.07, 6.45) is 2.99. The van der Waals surface area contributed by atoms with E-state index in [1.54, 1.807) is 4.90 Å². The number of anilines is 2. The SMILES string of the molecule is Cc1cccnc1CN1CCC2(CC1)C(=O)N(c1ccc(-c3ccccc3)cc1)C(=O)N2c1cccs1. The van der Waals surface area contributed by atoms with E-state index >= 15 is 0 Å². The van der Waals surface area contributed by atoms with Crippen molar-refractivity contribution < 1.29 is 9.59 Å². The molecule has 0 saturated carbocycles. The van der Waals surface area contributed by atoms with Crippen LogP contribution < -0.4 is 9.80 Å². The molecule has 0 atom stereocenters. The van der Waals surface area contributed by atoms with E-state index in [-0.39, 0.29) is 11.9 Å². The van der Waals surface area contributed by atoms with Crippen LogP contribution in [0.3, 0.4) is 0 Å². The van der Waals surface area contributed by atoms with Gasteiger partial charge in [-0.15, -0.1) is 11.3 Å². The highest BCUT2D eigenvalue weighted by atomic mass is 32.1. The standard InChI is InChI=1S/C30H28N4O2S/c1-22-7-5-17-31-26(22)21-32-18-15-30(16-19-32)28(35)33(29(36)34(30)27-10-6-20-37-27)25-13-11-24(12-14-25)23-8-3-2-4-9-23/h2-14,17,20H,15-16,18-19,21H2,1H3. The summed E-state index contributed by atoms with van der Waals surface area (Å²) in [5.74, 6) is -0.132. The Labute approximate surface area is 220 Å². The summed E-state index contributed by atoms with van der Waals surface area (Å²) in [5.41, 5.74) is 4.10. The first-order valence-corrected chi connectivity index (χ1v) is 13.5. The fourth-order valence-corrected chi connectivity index (χ4v) is 6.26. The van der Waals surface area contributed by atoms with Crippen LogP contribution in [-0.2, 0) is 11.3 Å². The zero-order valence-corrected chi connectivity index (χ0v) is 21.5. The minimum absolute atomic E-state index is 0.132. The molecule has 0 aliphatic carbocycles. The van der Waals surface area contributed by atoms with Gasteiger partial charge in [0.2, 0.25) is 0 Å². The van der Waals surface area contributed by atoms with Crippen molar-refractivity contribution >= 4 is 34.0 Å². The molecule has 186 valence electrons. The monoisotopic (exact) mass is 508 g/mol. The number of imide groups is 1. The smallest absolute Gasteiger partial charge is 0.297 e. The molecule has 0 radical (unpaired) electrons. The van der Waals surface area contributed by atoms with Crippen molar-refractivity contribution in [3.8, 4) is 11.1 Å². The zero-order chi connectivity index (χ0) is 25.4. The molecule has 2 aliphatic heterocycles. The molecule has 4 aromatic rings. The van der Waals surface area contributed by atoms with E-state index in [2.05, 4.69) is 35.0 Å². The number of thiophene rings is 1. The van der Waals surface area contributed by atoms with Crippen LogP contribution in [0, 0.1) is 6.92 Å². The maximum absolute atomic E-state index is 14.1. The van der Waals surface area contributed by atoms with E-state index in [1.807, 2.05) is 72.2 Å². The highest BCUT2D eigenvalue weighted by Crippen LogP contribution is 2.44. The molecule has 3 amide bonds. The second-order valence-corrected chi connectivity index (χ2v) is 10.6. The van der Waals surface area contributed by atoms with E-state index < -0.39 is 5.54 Å². The topological polar surface area (TPSA) is 56.8 Å². The number of piperidine rings is 1. The lowest BCUT2D eigenvalue weighted by molar-refractivity contribution is -0.123. The Morgan fingerprint density at radius 2 is 1.59 bits per heavy atom. The van der Waals surface area contributed by atoms with Gasteiger partial charge in [0.1, 0.15) is 10.5 Å². The van der Waals surface area contributed by atoms with Crippen LogP contribution in [0.5, 0.6) is 0 Å². The van der Waals surface area contributed by atoms with Gasteiger partial charge in [0.05, 0.1) is 11.4 Å². The van der Waals surface area contributed by atoms with Crippen molar-refractivity contribution in [2.75, 3.05) is 22.9 Å². The minimum Gasteiger partial charge on any atom is -0.297 e. The van der Waals surface area contributed by atoms with Gasteiger partial charge in [-0.2, -0.15) is 0 Å². The van der Waals surface area contributed by atoms with E-state index in [4.69, 9.17) is 0 Å². The Bertz CT molecular complexity index is 1410. The first-order valence-electron chi connectivity index (χ1n) is 12.6. The molecule has 37 heavy (non-hydrogen) atoms. The molecule has 2 aromatic heterocycles. The van der Waals surface area contributed by atoms with Crippen LogP contribution >= 0.6 is 11.3 Å². The van der Waals surface area contributed by atoms with Gasteiger partial charge in [-0.25, -0.2) is 9.69 Å². The number of rotatable bonds is 5. The highest BCUT2D eigenvalue weighted by molar-refractivity contribution is 7.14. The lowest BCUT2D eigenvalue weighted by Gasteiger charge is -2.41. The van der Waals surface area contributed by atoms with Crippen LogP contribution in [0.4, 0.5) is 15.5 Å². The fraction of sp³-hybridized carbons (Fsp3) is 0.233. The normalized spacial score (nSPS) is 17.6. The highest BCUT2D eigenvalue weighted by Gasteiger charge is 2.59. The summed E-state index contributed by atoms with van der Waals surface area (Å²) < 4.78 is 0. The minimum atomic E-state index is -0.879. The maximum Gasteiger partial charge on any atom is 0.337 e. The Morgan fingerprint density at radius 3 is 2.27 bits per heavy atom. The second kappa shape index (κ2) is 9.57. The first-order chi connectivity index (χ1) is 18.1. The van der Waals surface area contributed by atoms with Crippen LogP contribution in [-0.4, -0.2) is 40.5 Å². The van der Waals surface area contributed by atoms with Crippen LogP contribution in [0.1, 0.15) is 24.1 Å². The molecule has 1 spiro atoms. The van der Waals surface area contributed by atoms with Crippen molar-refractivity contribution in [2.24, 2.45) is 0 Å². The van der Waals surface area contributed by atoms with Crippen molar-refractivity contribution in [1.82, 2.24) is 9.88 Å². The first kappa shape index (κ1) is 23.6. The number of likely N-dealkylation sites (tertiary alicyclic amines) is 1. The number of aryl methyl sites for hydroxylation is 1. The summed E-state index contributed by atoms with van der Waals surface area (Å²) in [5, 5.41) is 2.77. The molecular weight excluding hydrogens is 480 g/mol. The number of hydrogen-bond donors (Lipinski definition) is 0. The largest absolute Gasteiger partial charge is 0.337 e. The summed E-state index contributed by atoms with van der Waals surface area (Å²) >= 11 is 1.50. The van der Waals surface area contributed by atoms with Gasteiger partial charge < -0.3 is 0 Å². The molecular formula is C30H28N4O2S. The molecule has 2 aliphatic rings. The number of carbonyl (C=O) groups excluding carboxylic acids is 2. The number of pyridine rings is 1. The van der Waals surface area contributed by atoms with Crippen molar-refractivity contribution in [2.45, 2.75) is 31.8 Å². The van der Waals surface area contributed by atoms with Crippen LogP contribution in [0.15, 0.2) is 90.4 Å². The summed E-state index contributed by atoms with van der Waals surface area (Å²) in [7, 11) is 0. The molecule has 2 fully saturated rings. The van der Waals surface area contributed by atoms with Crippen molar-refractivity contribution in [3.05, 3.63) is 102 Å². The second-order valence-electron chi connectivity index (χ2n) is 9.70. The average Bonchev–Trinajstić information content (AvgIpc) is 3.52. The number of amides is 3. The molecule has 6 rings (SSSR count). The van der Waals surface area contributed by atoms with Gasteiger partial charge in [0, 0.05) is 25.8 Å². The third-order valence-corrected chi connectivity index (χ3v) is 8.40. The number of carbonyl (C=O) groups is 2. The quantitative estimate of drug-likeness (QED) is 0.305. The summed E-state index contributed by atoms with van der Waals surface area (Å²) in [4.78, 5) is 38.0. The predicted octanol–water partition coefficient (Wildman–Crippen LogP) is 6.13. The average molecular weight is 509 g/mol. The van der Waals surface area contributed by atoms with Gasteiger partial charge in [-0.3, -0.25) is 19.6 Å². The molecule has 6 nitrogen and oxygen atoms in total. The zero-order valence-electron chi connectivity index (χ0n) is 20.7.